The highest BCUT2D eigenvalue weighted by Gasteiger charge is 2.43. The van der Waals surface area contributed by atoms with Crippen LogP contribution in [0.15, 0.2) is 72.8 Å². The minimum Gasteiger partial charge on any atom is -0.497 e. The third-order valence-corrected chi connectivity index (χ3v) is 7.97. The minimum absolute atomic E-state index is 0.392. The van der Waals surface area contributed by atoms with Gasteiger partial charge >= 0.3 is 0 Å². The summed E-state index contributed by atoms with van der Waals surface area (Å²) in [6.45, 7) is 4.05. The summed E-state index contributed by atoms with van der Waals surface area (Å²) in [4.78, 5) is 2.49. The third-order valence-electron chi connectivity index (χ3n) is 7.97. The SMILES string of the molecule is COc1ccc(C2(C(O)c3ccc(OCCN4CCCCC4)cc3)CCc3ccccc3C2)cc1. The molecule has 3 aromatic rings. The molecular formula is C31H37NO3. The van der Waals surface area contributed by atoms with E-state index in [-0.39, 0.29) is 0 Å². The maximum absolute atomic E-state index is 11.9. The lowest BCUT2D eigenvalue weighted by Crippen LogP contribution is -2.39. The lowest BCUT2D eigenvalue weighted by atomic mass is 9.63. The van der Waals surface area contributed by atoms with E-state index in [0.717, 1.165) is 48.4 Å². The summed E-state index contributed by atoms with van der Waals surface area (Å²) in [6.07, 6.45) is 5.99. The summed E-state index contributed by atoms with van der Waals surface area (Å²) in [5.74, 6) is 1.70. The Morgan fingerprint density at radius 3 is 2.26 bits per heavy atom. The van der Waals surface area contributed by atoms with Crippen molar-refractivity contribution in [3.63, 3.8) is 0 Å². The predicted molar refractivity (Wildman–Crippen MR) is 140 cm³/mol. The topological polar surface area (TPSA) is 41.9 Å². The first kappa shape index (κ1) is 23.9. The molecular weight excluding hydrogens is 434 g/mol. The number of ether oxygens (including phenoxy) is 2. The van der Waals surface area contributed by atoms with Crippen LogP contribution >= 0.6 is 0 Å². The van der Waals surface area contributed by atoms with Crippen LogP contribution in [-0.4, -0.2) is 43.4 Å². The highest BCUT2D eigenvalue weighted by molar-refractivity contribution is 5.43. The number of aliphatic hydroxyl groups is 1. The van der Waals surface area contributed by atoms with Gasteiger partial charge in [-0.2, -0.15) is 0 Å². The largest absolute Gasteiger partial charge is 0.497 e. The zero-order valence-corrected chi connectivity index (χ0v) is 20.8. The van der Waals surface area contributed by atoms with Gasteiger partial charge in [0.15, 0.2) is 0 Å². The van der Waals surface area contributed by atoms with Gasteiger partial charge in [0.05, 0.1) is 13.2 Å². The molecule has 2 atom stereocenters. The fraction of sp³-hybridized carbons (Fsp3) is 0.419. The first-order chi connectivity index (χ1) is 17.2. The smallest absolute Gasteiger partial charge is 0.119 e. The first-order valence-electron chi connectivity index (χ1n) is 13.0. The lowest BCUT2D eigenvalue weighted by Gasteiger charge is -2.43. The van der Waals surface area contributed by atoms with Crippen molar-refractivity contribution in [1.29, 1.82) is 0 Å². The van der Waals surface area contributed by atoms with Gasteiger partial charge in [0, 0.05) is 12.0 Å². The van der Waals surface area contributed by atoms with Crippen LogP contribution in [-0.2, 0) is 18.3 Å². The Morgan fingerprint density at radius 1 is 0.857 bits per heavy atom. The third kappa shape index (κ3) is 5.24. The van der Waals surface area contributed by atoms with Crippen LogP contribution in [0.3, 0.4) is 0 Å². The van der Waals surface area contributed by atoms with Gasteiger partial charge in [-0.05, 0) is 91.7 Å². The maximum atomic E-state index is 11.9. The van der Waals surface area contributed by atoms with E-state index in [4.69, 9.17) is 9.47 Å². The second kappa shape index (κ2) is 10.8. The van der Waals surface area contributed by atoms with Crippen molar-refractivity contribution in [2.75, 3.05) is 33.4 Å². The van der Waals surface area contributed by atoms with Crippen LogP contribution in [0.4, 0.5) is 0 Å². The second-order valence-electron chi connectivity index (χ2n) is 10.1. The van der Waals surface area contributed by atoms with Crippen molar-refractivity contribution >= 4 is 0 Å². The number of rotatable bonds is 8. The number of hydrogen-bond acceptors (Lipinski definition) is 4. The average Bonchev–Trinajstić information content (AvgIpc) is 2.93. The van der Waals surface area contributed by atoms with Crippen LogP contribution in [0, 0.1) is 0 Å². The molecule has 0 radical (unpaired) electrons. The molecule has 4 nitrogen and oxygen atoms in total. The van der Waals surface area contributed by atoms with Crippen LogP contribution in [0.25, 0.3) is 0 Å². The Kier molecular flexibility index (Phi) is 7.40. The van der Waals surface area contributed by atoms with E-state index in [0.29, 0.717) is 6.61 Å². The van der Waals surface area contributed by atoms with Gasteiger partial charge in [0.2, 0.25) is 0 Å². The average molecular weight is 472 g/mol. The molecule has 1 saturated heterocycles. The van der Waals surface area contributed by atoms with Crippen LogP contribution in [0.1, 0.15) is 54.0 Å². The van der Waals surface area contributed by atoms with Crippen LogP contribution in [0.2, 0.25) is 0 Å². The highest BCUT2D eigenvalue weighted by Crippen LogP contribution is 2.47. The first-order valence-corrected chi connectivity index (χ1v) is 13.0. The number of methoxy groups -OCH3 is 1. The van der Waals surface area contributed by atoms with Crippen molar-refractivity contribution < 1.29 is 14.6 Å². The number of nitrogens with zero attached hydrogens (tertiary/aromatic N) is 1. The van der Waals surface area contributed by atoms with Crippen molar-refractivity contribution in [3.05, 3.63) is 95.1 Å². The van der Waals surface area contributed by atoms with E-state index < -0.39 is 11.5 Å². The van der Waals surface area contributed by atoms with Gasteiger partial charge in [-0.25, -0.2) is 0 Å². The molecule has 1 N–H and O–H groups in total. The minimum atomic E-state index is -0.619. The Labute approximate surface area is 209 Å². The zero-order chi connectivity index (χ0) is 24.1. The van der Waals surface area contributed by atoms with E-state index >= 15 is 0 Å². The second-order valence-corrected chi connectivity index (χ2v) is 10.1. The molecule has 4 heteroatoms. The molecule has 0 bridgehead atoms. The molecule has 1 aliphatic heterocycles. The van der Waals surface area contributed by atoms with Gasteiger partial charge < -0.3 is 14.6 Å². The number of piperidine rings is 1. The van der Waals surface area contributed by atoms with Gasteiger partial charge in [-0.15, -0.1) is 0 Å². The molecule has 5 rings (SSSR count). The van der Waals surface area contributed by atoms with Crippen molar-refractivity contribution in [1.82, 2.24) is 4.90 Å². The standard InChI is InChI=1S/C31H37NO3/c1-34-28-15-11-27(12-16-28)31(18-17-24-7-3-4-8-26(24)23-31)30(33)25-9-13-29(14-10-25)35-22-21-32-19-5-2-6-20-32/h3-4,7-16,30,33H,2,5-6,17-23H2,1H3. The van der Waals surface area contributed by atoms with E-state index in [1.807, 2.05) is 36.4 Å². The fourth-order valence-corrected chi connectivity index (χ4v) is 5.86. The molecule has 35 heavy (non-hydrogen) atoms. The van der Waals surface area contributed by atoms with Crippen LogP contribution < -0.4 is 9.47 Å². The number of fused-ring (bicyclic) bond motifs is 1. The van der Waals surface area contributed by atoms with E-state index in [1.54, 1.807) is 7.11 Å². The van der Waals surface area contributed by atoms with E-state index in [2.05, 4.69) is 41.3 Å². The quantitative estimate of drug-likeness (QED) is 0.456. The summed E-state index contributed by atoms with van der Waals surface area (Å²) in [6, 6.07) is 25.0. The fourth-order valence-electron chi connectivity index (χ4n) is 5.86. The van der Waals surface area contributed by atoms with Gasteiger partial charge in [0.1, 0.15) is 18.1 Å². The Hall–Kier alpha value is -2.82. The monoisotopic (exact) mass is 471 g/mol. The number of aryl methyl sites for hydroxylation is 1. The molecule has 3 aromatic carbocycles. The normalized spacial score (nSPS) is 21.2. The Bertz CT molecular complexity index is 1090. The van der Waals surface area contributed by atoms with Gasteiger partial charge in [0.25, 0.3) is 0 Å². The van der Waals surface area contributed by atoms with Crippen molar-refractivity contribution in [2.45, 2.75) is 50.0 Å². The molecule has 0 aromatic heterocycles. The molecule has 2 aliphatic rings. The predicted octanol–water partition coefficient (Wildman–Crippen LogP) is 5.72. The van der Waals surface area contributed by atoms with Gasteiger partial charge in [-0.3, -0.25) is 4.90 Å². The number of hydrogen-bond donors (Lipinski definition) is 1. The summed E-state index contributed by atoms with van der Waals surface area (Å²) < 4.78 is 11.4. The highest BCUT2D eigenvalue weighted by atomic mass is 16.5. The molecule has 1 heterocycles. The maximum Gasteiger partial charge on any atom is 0.119 e. The molecule has 2 unspecified atom stereocenters. The number of aliphatic hydroxyl groups excluding tert-OH is 1. The molecule has 1 fully saturated rings. The molecule has 0 saturated carbocycles. The molecule has 184 valence electrons. The Morgan fingerprint density at radius 2 is 1.54 bits per heavy atom. The Balaban J connectivity index is 1.35. The molecule has 0 amide bonds. The van der Waals surface area contributed by atoms with E-state index in [9.17, 15) is 5.11 Å². The van der Waals surface area contributed by atoms with Crippen molar-refractivity contribution in [2.24, 2.45) is 0 Å². The van der Waals surface area contributed by atoms with Gasteiger partial charge in [-0.1, -0.05) is 55.0 Å². The summed E-state index contributed by atoms with van der Waals surface area (Å²) in [5, 5.41) is 11.9. The lowest BCUT2D eigenvalue weighted by molar-refractivity contribution is 0.0686. The summed E-state index contributed by atoms with van der Waals surface area (Å²) in [5.41, 5.74) is 4.41. The summed E-state index contributed by atoms with van der Waals surface area (Å²) >= 11 is 0. The van der Waals surface area contributed by atoms with E-state index in [1.165, 1.54) is 43.5 Å². The summed E-state index contributed by atoms with van der Waals surface area (Å²) in [7, 11) is 1.69. The zero-order valence-electron chi connectivity index (χ0n) is 20.8. The molecule has 1 aliphatic carbocycles. The van der Waals surface area contributed by atoms with Crippen molar-refractivity contribution in [3.8, 4) is 11.5 Å². The number of likely N-dealkylation sites (tertiary alicyclic amines) is 1. The number of benzene rings is 3. The van der Waals surface area contributed by atoms with Crippen LogP contribution in [0.5, 0.6) is 11.5 Å². The molecule has 0 spiro atoms.